The van der Waals surface area contributed by atoms with Crippen LogP contribution in [-0.4, -0.2) is 31.2 Å². The third-order valence-electron chi connectivity index (χ3n) is 4.44. The van der Waals surface area contributed by atoms with Gasteiger partial charge in [-0.15, -0.1) is 0 Å². The summed E-state index contributed by atoms with van der Waals surface area (Å²) in [5, 5.41) is 10.5. The van der Waals surface area contributed by atoms with E-state index < -0.39 is 5.97 Å². The molecule has 2 aromatic heterocycles. The summed E-state index contributed by atoms with van der Waals surface area (Å²) in [6.45, 7) is 6.87. The fourth-order valence-corrected chi connectivity index (χ4v) is 2.82. The van der Waals surface area contributed by atoms with Gasteiger partial charge in [-0.05, 0) is 25.8 Å². The van der Waals surface area contributed by atoms with Crippen molar-refractivity contribution in [3.63, 3.8) is 0 Å². The number of methoxy groups -OCH3 is 1. The Hall–Kier alpha value is -2.77. The van der Waals surface area contributed by atoms with Crippen LogP contribution in [0.15, 0.2) is 26.1 Å². The van der Waals surface area contributed by atoms with E-state index in [-0.39, 0.29) is 0 Å². The lowest BCUT2D eigenvalue weighted by Gasteiger charge is -2.09. The number of esters is 1. The molecule has 0 saturated heterocycles. The maximum atomic E-state index is 11.6. The van der Waals surface area contributed by atoms with Crippen molar-refractivity contribution >= 4 is 11.9 Å². The Balaban J connectivity index is 1.89. The Morgan fingerprint density at radius 3 is 2.48 bits per heavy atom. The van der Waals surface area contributed by atoms with Crippen LogP contribution in [0.2, 0.25) is 0 Å². The molecule has 0 aliphatic rings. The fraction of sp³-hybridized carbons (Fsp3) is 0.526. The molecule has 0 unspecified atom stereocenters. The van der Waals surface area contributed by atoms with Crippen molar-refractivity contribution in [2.45, 2.75) is 52.6 Å². The highest BCUT2D eigenvalue weighted by Crippen LogP contribution is 2.22. The molecular formula is C19H28N4O4. The van der Waals surface area contributed by atoms with Gasteiger partial charge in [-0.1, -0.05) is 19.0 Å². The number of aryl methyl sites for hydroxylation is 1. The number of hydrogen-bond donors (Lipinski definition) is 2. The summed E-state index contributed by atoms with van der Waals surface area (Å²) in [6.07, 6.45) is 2.07. The second kappa shape index (κ2) is 9.80. The first kappa shape index (κ1) is 20.5. The molecule has 0 amide bonds. The number of carbonyl (C=O) groups excluding carboxylic acids is 1. The van der Waals surface area contributed by atoms with E-state index in [2.05, 4.69) is 34.6 Å². The van der Waals surface area contributed by atoms with E-state index in [4.69, 9.17) is 13.7 Å². The van der Waals surface area contributed by atoms with Crippen molar-refractivity contribution in [3.8, 4) is 0 Å². The van der Waals surface area contributed by atoms with Crippen LogP contribution in [0.1, 0.15) is 65.9 Å². The van der Waals surface area contributed by atoms with E-state index in [0.29, 0.717) is 42.1 Å². The number of nitrogens with one attached hydrogen (secondary N) is 2. The minimum atomic E-state index is -0.413. The van der Waals surface area contributed by atoms with E-state index >= 15 is 0 Å². The minimum absolute atomic E-state index is 0.382. The SMILES string of the molecule is CCC(CC)c1cc(CNC(=NC)NCc2cc(C(=O)OC)c(C)o2)on1. The summed E-state index contributed by atoms with van der Waals surface area (Å²) in [5.41, 5.74) is 1.41. The highest BCUT2D eigenvalue weighted by molar-refractivity contribution is 5.90. The number of guanidine groups is 1. The quantitative estimate of drug-likeness (QED) is 0.414. The average Bonchev–Trinajstić information content (AvgIpc) is 3.29. The number of hydrogen-bond acceptors (Lipinski definition) is 6. The highest BCUT2D eigenvalue weighted by atomic mass is 16.5. The van der Waals surface area contributed by atoms with Crippen molar-refractivity contribution in [1.82, 2.24) is 15.8 Å². The third-order valence-corrected chi connectivity index (χ3v) is 4.44. The molecule has 2 N–H and O–H groups in total. The molecule has 0 aliphatic heterocycles. The van der Waals surface area contributed by atoms with Gasteiger partial charge in [0.2, 0.25) is 0 Å². The molecule has 2 heterocycles. The van der Waals surface area contributed by atoms with E-state index in [1.807, 2.05) is 6.07 Å². The first-order valence-corrected chi connectivity index (χ1v) is 9.09. The second-order valence-electron chi connectivity index (χ2n) is 6.18. The lowest BCUT2D eigenvalue weighted by molar-refractivity contribution is 0.0599. The Kier molecular flexibility index (Phi) is 7.45. The van der Waals surface area contributed by atoms with E-state index in [1.54, 1.807) is 20.0 Å². The minimum Gasteiger partial charge on any atom is -0.465 e. The van der Waals surface area contributed by atoms with E-state index in [9.17, 15) is 4.79 Å². The predicted octanol–water partition coefficient (Wildman–Crippen LogP) is 3.13. The zero-order valence-corrected chi connectivity index (χ0v) is 16.6. The van der Waals surface area contributed by atoms with Crippen molar-refractivity contribution in [1.29, 1.82) is 0 Å². The average molecular weight is 376 g/mol. The van der Waals surface area contributed by atoms with Crippen LogP contribution in [0, 0.1) is 6.92 Å². The maximum Gasteiger partial charge on any atom is 0.341 e. The van der Waals surface area contributed by atoms with E-state index in [1.165, 1.54) is 7.11 Å². The lowest BCUT2D eigenvalue weighted by atomic mass is 9.99. The van der Waals surface area contributed by atoms with Gasteiger partial charge in [-0.3, -0.25) is 4.99 Å². The molecule has 0 bridgehead atoms. The number of aliphatic imine (C=N–C) groups is 1. The van der Waals surface area contributed by atoms with Crippen molar-refractivity contribution < 1.29 is 18.5 Å². The normalized spacial score (nSPS) is 11.7. The van der Waals surface area contributed by atoms with Crippen LogP contribution in [0.5, 0.6) is 0 Å². The van der Waals surface area contributed by atoms with Gasteiger partial charge in [0.25, 0.3) is 0 Å². The van der Waals surface area contributed by atoms with Crippen LogP contribution in [0.3, 0.4) is 0 Å². The number of nitrogens with zero attached hydrogens (tertiary/aromatic N) is 2. The summed E-state index contributed by atoms with van der Waals surface area (Å²) in [5.74, 6) is 2.49. The summed E-state index contributed by atoms with van der Waals surface area (Å²) in [4.78, 5) is 15.8. The maximum absolute atomic E-state index is 11.6. The molecule has 148 valence electrons. The third kappa shape index (κ3) is 5.35. The number of ether oxygens (including phenoxy) is 1. The molecule has 27 heavy (non-hydrogen) atoms. The summed E-state index contributed by atoms with van der Waals surface area (Å²) >= 11 is 0. The van der Waals surface area contributed by atoms with E-state index in [0.717, 1.165) is 24.3 Å². The summed E-state index contributed by atoms with van der Waals surface area (Å²) in [6, 6.07) is 3.65. The van der Waals surface area contributed by atoms with Crippen LogP contribution < -0.4 is 10.6 Å². The Bertz CT molecular complexity index is 775. The van der Waals surface area contributed by atoms with Gasteiger partial charge in [0.05, 0.1) is 25.9 Å². The first-order chi connectivity index (χ1) is 13.0. The molecule has 0 aromatic carbocycles. The van der Waals surface area contributed by atoms with Crippen molar-refractivity contribution in [2.24, 2.45) is 4.99 Å². The van der Waals surface area contributed by atoms with Crippen LogP contribution >= 0.6 is 0 Å². The molecule has 0 spiro atoms. The predicted molar refractivity (Wildman–Crippen MR) is 102 cm³/mol. The Labute approximate surface area is 159 Å². The molecule has 0 radical (unpaired) electrons. The summed E-state index contributed by atoms with van der Waals surface area (Å²) in [7, 11) is 3.02. The topological polar surface area (TPSA) is 102 Å². The monoisotopic (exact) mass is 376 g/mol. The van der Waals surface area contributed by atoms with Gasteiger partial charge in [0.15, 0.2) is 11.7 Å². The van der Waals surface area contributed by atoms with Crippen molar-refractivity contribution in [2.75, 3.05) is 14.2 Å². The second-order valence-corrected chi connectivity index (χ2v) is 6.18. The van der Waals surface area contributed by atoms with Gasteiger partial charge in [0, 0.05) is 19.0 Å². The molecule has 8 nitrogen and oxygen atoms in total. The molecule has 0 fully saturated rings. The zero-order valence-electron chi connectivity index (χ0n) is 16.6. The molecule has 0 atom stereocenters. The molecule has 2 aromatic rings. The van der Waals surface area contributed by atoms with Gasteiger partial charge in [-0.2, -0.15) is 0 Å². The van der Waals surface area contributed by atoms with Crippen LogP contribution in [0.4, 0.5) is 0 Å². The lowest BCUT2D eigenvalue weighted by Crippen LogP contribution is -2.36. The zero-order chi connectivity index (χ0) is 19.8. The van der Waals surface area contributed by atoms with Crippen LogP contribution in [-0.2, 0) is 17.8 Å². The van der Waals surface area contributed by atoms with Gasteiger partial charge in [-0.25, -0.2) is 4.79 Å². The molecular weight excluding hydrogens is 348 g/mol. The fourth-order valence-electron chi connectivity index (χ4n) is 2.82. The number of aromatic nitrogens is 1. The largest absolute Gasteiger partial charge is 0.465 e. The standard InChI is InChI=1S/C19H28N4O4/c1-6-13(7-2)17-9-15(27-23-17)11-22-19(20-4)21-10-14-8-16(12(3)26-14)18(24)25-5/h8-9,13H,6-7,10-11H2,1-5H3,(H2,20,21,22). The van der Waals surface area contributed by atoms with Gasteiger partial charge >= 0.3 is 5.97 Å². The highest BCUT2D eigenvalue weighted by Gasteiger charge is 2.16. The molecule has 0 saturated carbocycles. The van der Waals surface area contributed by atoms with Crippen molar-refractivity contribution in [3.05, 3.63) is 40.7 Å². The molecule has 8 heteroatoms. The van der Waals surface area contributed by atoms with Gasteiger partial charge in [0.1, 0.15) is 17.1 Å². The van der Waals surface area contributed by atoms with Crippen LogP contribution in [0.25, 0.3) is 0 Å². The first-order valence-electron chi connectivity index (χ1n) is 9.09. The van der Waals surface area contributed by atoms with Gasteiger partial charge < -0.3 is 24.3 Å². The summed E-state index contributed by atoms with van der Waals surface area (Å²) < 4.78 is 15.7. The smallest absolute Gasteiger partial charge is 0.341 e. The number of carbonyl (C=O) groups is 1. The number of rotatable bonds is 8. The number of furan rings is 1. The molecule has 0 aliphatic carbocycles. The Morgan fingerprint density at radius 2 is 1.89 bits per heavy atom. The Morgan fingerprint density at radius 1 is 1.22 bits per heavy atom. The molecule has 2 rings (SSSR count).